The Kier molecular flexibility index (Phi) is 6.76. The number of hydrogen-bond donors (Lipinski definition) is 1. The highest BCUT2D eigenvalue weighted by Crippen LogP contribution is 2.16. The van der Waals surface area contributed by atoms with Crippen molar-refractivity contribution in [1.82, 2.24) is 5.32 Å². The quantitative estimate of drug-likeness (QED) is 0.478. The molecule has 1 aromatic carbocycles. The second-order valence-corrected chi connectivity index (χ2v) is 7.00. The van der Waals surface area contributed by atoms with Crippen molar-refractivity contribution in [2.24, 2.45) is 0 Å². The molecule has 0 bridgehead atoms. The van der Waals surface area contributed by atoms with Crippen LogP contribution in [-0.2, 0) is 20.9 Å². The van der Waals surface area contributed by atoms with Gasteiger partial charge in [0.2, 0.25) is 5.69 Å². The standard InChI is InChI=1S/C20H24N2O5/c1-20(2,3)27-19(24)21-16(17-11-7-8-12-22(17)25)13-18(23)26-14-15-9-5-4-6-10-15/h4-12,16H,13-14H2,1-3H3,(H,21,24)/t16-/m0/s1. The van der Waals surface area contributed by atoms with Gasteiger partial charge in [0.15, 0.2) is 6.20 Å². The Morgan fingerprint density at radius 1 is 1.11 bits per heavy atom. The number of esters is 1. The molecule has 0 fully saturated rings. The van der Waals surface area contributed by atoms with E-state index in [2.05, 4.69) is 5.32 Å². The van der Waals surface area contributed by atoms with E-state index in [9.17, 15) is 14.8 Å². The van der Waals surface area contributed by atoms with Gasteiger partial charge in [0, 0.05) is 12.1 Å². The van der Waals surface area contributed by atoms with Gasteiger partial charge in [-0.3, -0.25) is 4.79 Å². The van der Waals surface area contributed by atoms with Crippen LogP contribution in [0.1, 0.15) is 44.5 Å². The number of ether oxygens (including phenoxy) is 2. The predicted octanol–water partition coefficient (Wildman–Crippen LogP) is 3.02. The van der Waals surface area contributed by atoms with Gasteiger partial charge in [0.05, 0.1) is 6.42 Å². The van der Waals surface area contributed by atoms with Gasteiger partial charge < -0.3 is 20.0 Å². The number of rotatable bonds is 6. The Labute approximate surface area is 158 Å². The predicted molar refractivity (Wildman–Crippen MR) is 98.4 cm³/mol. The van der Waals surface area contributed by atoms with Crippen LogP contribution >= 0.6 is 0 Å². The first-order valence-corrected chi connectivity index (χ1v) is 8.62. The maximum atomic E-state index is 12.3. The monoisotopic (exact) mass is 372 g/mol. The molecule has 27 heavy (non-hydrogen) atoms. The number of nitrogens with one attached hydrogen (secondary N) is 1. The van der Waals surface area contributed by atoms with Crippen molar-refractivity contribution in [3.8, 4) is 0 Å². The summed E-state index contributed by atoms with van der Waals surface area (Å²) in [6.07, 6.45) is 0.388. The Balaban J connectivity index is 2.06. The van der Waals surface area contributed by atoms with Crippen LogP contribution in [0, 0.1) is 5.21 Å². The van der Waals surface area contributed by atoms with Crippen LogP contribution in [0.15, 0.2) is 54.7 Å². The normalized spacial score (nSPS) is 12.1. The fourth-order valence-electron chi connectivity index (χ4n) is 2.35. The third kappa shape index (κ3) is 6.97. The molecule has 0 aliphatic heterocycles. The molecule has 1 amide bonds. The Morgan fingerprint density at radius 3 is 2.41 bits per heavy atom. The second-order valence-electron chi connectivity index (χ2n) is 7.00. The van der Waals surface area contributed by atoms with Crippen LogP contribution in [0.5, 0.6) is 0 Å². The lowest BCUT2D eigenvalue weighted by Gasteiger charge is -2.22. The summed E-state index contributed by atoms with van der Waals surface area (Å²) < 4.78 is 11.1. The average Bonchev–Trinajstić information content (AvgIpc) is 2.59. The highest BCUT2D eigenvalue weighted by Gasteiger charge is 2.27. The highest BCUT2D eigenvalue weighted by molar-refractivity contribution is 5.73. The maximum absolute atomic E-state index is 12.3. The van der Waals surface area contributed by atoms with Crippen LogP contribution in [0.4, 0.5) is 4.79 Å². The van der Waals surface area contributed by atoms with Crippen LogP contribution in [0.2, 0.25) is 0 Å². The van der Waals surface area contributed by atoms with Crippen LogP contribution in [-0.4, -0.2) is 17.7 Å². The van der Waals surface area contributed by atoms with Crippen molar-refractivity contribution in [1.29, 1.82) is 0 Å². The first-order valence-electron chi connectivity index (χ1n) is 8.62. The van der Waals surface area contributed by atoms with Gasteiger partial charge in [-0.2, -0.15) is 4.73 Å². The lowest BCUT2D eigenvalue weighted by atomic mass is 10.1. The van der Waals surface area contributed by atoms with Gasteiger partial charge in [0.25, 0.3) is 0 Å². The molecule has 0 saturated heterocycles. The van der Waals surface area contributed by atoms with Crippen molar-refractivity contribution in [2.75, 3.05) is 0 Å². The van der Waals surface area contributed by atoms with E-state index in [0.717, 1.165) is 5.56 Å². The summed E-state index contributed by atoms with van der Waals surface area (Å²) in [5.41, 5.74) is 0.369. The smallest absolute Gasteiger partial charge is 0.408 e. The molecular formula is C20H24N2O5. The summed E-state index contributed by atoms with van der Waals surface area (Å²) in [6.45, 7) is 5.30. The summed E-state index contributed by atoms with van der Waals surface area (Å²) in [5.74, 6) is -0.538. The molecule has 7 heteroatoms. The molecule has 0 spiro atoms. The number of hydrogen-bond acceptors (Lipinski definition) is 5. The van der Waals surface area contributed by atoms with Crippen molar-refractivity contribution in [3.05, 3.63) is 71.2 Å². The minimum absolute atomic E-state index is 0.116. The van der Waals surface area contributed by atoms with E-state index < -0.39 is 23.7 Å². The summed E-state index contributed by atoms with van der Waals surface area (Å²) in [6, 6.07) is 13.1. The van der Waals surface area contributed by atoms with E-state index >= 15 is 0 Å². The zero-order valence-electron chi connectivity index (χ0n) is 15.7. The number of nitrogens with zero attached hydrogens (tertiary/aromatic N) is 1. The van der Waals surface area contributed by atoms with E-state index in [-0.39, 0.29) is 18.7 Å². The van der Waals surface area contributed by atoms with Gasteiger partial charge >= 0.3 is 12.1 Å². The van der Waals surface area contributed by atoms with E-state index in [1.54, 1.807) is 39.0 Å². The fraction of sp³-hybridized carbons (Fsp3) is 0.350. The van der Waals surface area contributed by atoms with Crippen LogP contribution in [0.3, 0.4) is 0 Å². The van der Waals surface area contributed by atoms with Crippen molar-refractivity contribution in [2.45, 2.75) is 45.4 Å². The molecule has 0 saturated carbocycles. The molecule has 7 nitrogen and oxygen atoms in total. The minimum Gasteiger partial charge on any atom is -0.618 e. The summed E-state index contributed by atoms with van der Waals surface area (Å²) in [7, 11) is 0. The maximum Gasteiger partial charge on any atom is 0.408 e. The van der Waals surface area contributed by atoms with Crippen molar-refractivity contribution >= 4 is 12.1 Å². The molecule has 0 aliphatic carbocycles. The molecule has 1 N–H and O–H groups in total. The molecule has 2 aromatic rings. The summed E-state index contributed by atoms with van der Waals surface area (Å²) in [4.78, 5) is 24.4. The number of amides is 1. The summed E-state index contributed by atoms with van der Waals surface area (Å²) >= 11 is 0. The molecular weight excluding hydrogens is 348 g/mol. The Morgan fingerprint density at radius 2 is 1.78 bits per heavy atom. The molecule has 1 atom stereocenters. The zero-order chi connectivity index (χ0) is 19.9. The third-order valence-electron chi connectivity index (χ3n) is 3.52. The van der Waals surface area contributed by atoms with Crippen LogP contribution < -0.4 is 10.0 Å². The van der Waals surface area contributed by atoms with E-state index in [4.69, 9.17) is 9.47 Å². The van der Waals surface area contributed by atoms with Gasteiger partial charge in [-0.25, -0.2) is 4.79 Å². The number of aromatic nitrogens is 1. The zero-order valence-corrected chi connectivity index (χ0v) is 15.7. The van der Waals surface area contributed by atoms with E-state index in [1.165, 1.54) is 6.20 Å². The van der Waals surface area contributed by atoms with Crippen molar-refractivity contribution < 1.29 is 23.8 Å². The SMILES string of the molecule is CC(C)(C)OC(=O)N[C@@H](CC(=O)OCc1ccccc1)c1cccc[n+]1[O-]. The molecule has 2 rings (SSSR count). The molecule has 0 radical (unpaired) electrons. The van der Waals surface area contributed by atoms with E-state index in [1.807, 2.05) is 30.3 Å². The molecule has 0 unspecified atom stereocenters. The fourth-order valence-corrected chi connectivity index (χ4v) is 2.35. The first-order chi connectivity index (χ1) is 12.7. The number of benzene rings is 1. The highest BCUT2D eigenvalue weighted by atomic mass is 16.6. The molecule has 144 valence electrons. The second kappa shape index (κ2) is 9.02. The Hall–Kier alpha value is -3.09. The summed E-state index contributed by atoms with van der Waals surface area (Å²) in [5, 5.41) is 14.6. The molecule has 1 aromatic heterocycles. The Bertz CT molecular complexity index is 771. The number of carbonyl (C=O) groups excluding carboxylic acids is 2. The minimum atomic E-state index is -0.873. The van der Waals surface area contributed by atoms with Gasteiger partial charge in [-0.1, -0.05) is 30.3 Å². The molecule has 0 aliphatic rings. The topological polar surface area (TPSA) is 91.6 Å². The van der Waals surface area contributed by atoms with Crippen molar-refractivity contribution in [3.63, 3.8) is 0 Å². The largest absolute Gasteiger partial charge is 0.618 e. The third-order valence-corrected chi connectivity index (χ3v) is 3.52. The van der Waals surface area contributed by atoms with Crippen LogP contribution in [0.25, 0.3) is 0 Å². The average molecular weight is 372 g/mol. The lowest BCUT2D eigenvalue weighted by Crippen LogP contribution is -2.42. The number of alkyl carbamates (subject to hydrolysis) is 1. The number of pyridine rings is 1. The van der Waals surface area contributed by atoms with Gasteiger partial charge in [-0.15, -0.1) is 0 Å². The van der Waals surface area contributed by atoms with Gasteiger partial charge in [0.1, 0.15) is 18.2 Å². The van der Waals surface area contributed by atoms with Gasteiger partial charge in [-0.05, 0) is 32.4 Å². The van der Waals surface area contributed by atoms with E-state index in [0.29, 0.717) is 4.73 Å². The lowest BCUT2D eigenvalue weighted by molar-refractivity contribution is -0.616. The number of carbonyl (C=O) groups is 2. The first kappa shape index (κ1) is 20.2. The molecule has 1 heterocycles.